The summed E-state index contributed by atoms with van der Waals surface area (Å²) < 4.78 is 22.8. The van der Waals surface area contributed by atoms with E-state index in [1.54, 1.807) is 0 Å². The van der Waals surface area contributed by atoms with Crippen molar-refractivity contribution in [3.05, 3.63) is 6.29 Å². The van der Waals surface area contributed by atoms with E-state index in [1.807, 2.05) is 0 Å². The third kappa shape index (κ3) is 2.57. The average molecular weight is 153 g/mol. The fourth-order valence-corrected chi connectivity index (χ4v) is 0.178. The van der Waals surface area contributed by atoms with Gasteiger partial charge in [0.05, 0.1) is 0 Å². The predicted octanol–water partition coefficient (Wildman–Crippen LogP) is 0.621. The Morgan fingerprint density at radius 2 is 1.75 bits per heavy atom. The zero-order valence-corrected chi connectivity index (χ0v) is 3.71. The molecule has 1 heterocycles. The summed E-state index contributed by atoms with van der Waals surface area (Å²) >= 11 is 4.31. The molecule has 0 amide bonds. The molecule has 2 nitrogen and oxygen atoms in total. The van der Waals surface area contributed by atoms with Gasteiger partial charge in [-0.1, -0.05) is 0 Å². The molecule has 0 aromatic rings. The Morgan fingerprint density at radius 3 is 1.75 bits per heavy atom. The molecule has 0 aromatic carbocycles. The van der Waals surface area contributed by atoms with Gasteiger partial charge in [-0.05, 0) is 11.6 Å². The Balaban J connectivity index is 0.000000490. The first kappa shape index (κ1) is 9.07. The number of hydrogen-bond donors (Lipinski definition) is 0. The first-order valence-electron chi connectivity index (χ1n) is 1.39. The van der Waals surface area contributed by atoms with E-state index in [2.05, 4.69) is 21.4 Å². The average Bonchev–Trinajstić information content (AvgIpc) is 1.99. The van der Waals surface area contributed by atoms with Gasteiger partial charge >= 0.3 is 41.2 Å². The molecule has 1 rings (SSSR count). The predicted molar refractivity (Wildman–Crippen MR) is 23.4 cm³/mol. The summed E-state index contributed by atoms with van der Waals surface area (Å²) in [5.41, 5.74) is 0. The van der Waals surface area contributed by atoms with Crippen molar-refractivity contribution in [1.82, 2.24) is 0 Å². The minimum absolute atomic E-state index is 0. The summed E-state index contributed by atoms with van der Waals surface area (Å²) in [6.45, 7) is 0. The number of alkyl halides is 3. The molecule has 0 bridgehead atoms. The Bertz CT molecular complexity index is 80.6. The molecule has 1 fully saturated rings. The van der Waals surface area contributed by atoms with Gasteiger partial charge in [0.2, 0.25) is 0 Å². The topological polar surface area (TPSA) is 25.1 Å². The van der Waals surface area contributed by atoms with Crippen LogP contribution < -0.4 is 0 Å². The van der Waals surface area contributed by atoms with Gasteiger partial charge < -0.3 is 0 Å². The minimum atomic E-state index is -3.44. The van der Waals surface area contributed by atoms with Crippen LogP contribution in [0.5, 0.6) is 0 Å². The summed E-state index contributed by atoms with van der Waals surface area (Å²) in [6, 6.07) is 0. The second-order valence-electron chi connectivity index (χ2n) is 0.952. The zero-order chi connectivity index (χ0) is 5.49. The summed E-state index contributed by atoms with van der Waals surface area (Å²) in [7, 11) is 0. The van der Waals surface area contributed by atoms with E-state index in [0.717, 1.165) is 0 Å². The van der Waals surface area contributed by atoms with Gasteiger partial charge in [-0.2, -0.15) is 18.6 Å². The second-order valence-corrected chi connectivity index (χ2v) is 1.43. The van der Waals surface area contributed by atoms with Gasteiger partial charge in [0.15, 0.2) is 0 Å². The van der Waals surface area contributed by atoms with Crippen molar-refractivity contribution < 1.29 is 18.6 Å². The maximum atomic E-state index is 11.4. The molecule has 1 aliphatic heterocycles. The quantitative estimate of drug-likeness (QED) is 0.239. The van der Waals surface area contributed by atoms with Crippen molar-refractivity contribution in [1.29, 1.82) is 0 Å². The van der Waals surface area contributed by atoms with Gasteiger partial charge in [-0.25, -0.2) is 0 Å². The molecular formula is C2HClF2NaO2. The van der Waals surface area contributed by atoms with Crippen molar-refractivity contribution in [3.63, 3.8) is 0 Å². The van der Waals surface area contributed by atoms with E-state index in [9.17, 15) is 8.78 Å². The van der Waals surface area contributed by atoms with Crippen LogP contribution in [0.1, 0.15) is 0 Å². The molecule has 0 N–H and O–H groups in total. The summed E-state index contributed by atoms with van der Waals surface area (Å²) in [5, 5.41) is -3.44. The molecule has 1 saturated heterocycles. The van der Waals surface area contributed by atoms with Crippen LogP contribution in [0.15, 0.2) is 0 Å². The Kier molecular flexibility index (Phi) is 3.14. The molecule has 0 saturated carbocycles. The van der Waals surface area contributed by atoms with Gasteiger partial charge in [-0.3, -0.25) is 0 Å². The normalized spacial score (nSPS) is 19.9. The first-order chi connectivity index (χ1) is 3.11. The van der Waals surface area contributed by atoms with Crippen LogP contribution in [-0.2, 0) is 9.78 Å². The second kappa shape index (κ2) is 2.77. The van der Waals surface area contributed by atoms with E-state index in [-0.39, 0.29) is 29.6 Å². The van der Waals surface area contributed by atoms with Gasteiger partial charge in [-0.15, -0.1) is 0 Å². The molecule has 0 spiro atoms. The van der Waals surface area contributed by atoms with Crippen LogP contribution in [0.4, 0.5) is 8.78 Å². The van der Waals surface area contributed by atoms with Crippen molar-refractivity contribution >= 4 is 41.2 Å². The monoisotopic (exact) mass is 153 g/mol. The number of halogens is 3. The van der Waals surface area contributed by atoms with E-state index < -0.39 is 11.7 Å². The van der Waals surface area contributed by atoms with Crippen LogP contribution >= 0.6 is 11.6 Å². The van der Waals surface area contributed by atoms with Crippen LogP contribution in [0.3, 0.4) is 0 Å². The molecule has 0 aromatic heterocycles. The molecule has 8 heavy (non-hydrogen) atoms. The van der Waals surface area contributed by atoms with Crippen molar-refractivity contribution in [2.24, 2.45) is 0 Å². The molecule has 43 valence electrons. The Labute approximate surface area is 71.3 Å². The molecule has 0 aliphatic carbocycles. The SMILES string of the molecule is FC(F)(Cl)[C]1OO1.[NaH]. The van der Waals surface area contributed by atoms with Crippen LogP contribution in [0.2, 0.25) is 0 Å². The van der Waals surface area contributed by atoms with Crippen LogP contribution in [0.25, 0.3) is 0 Å². The van der Waals surface area contributed by atoms with E-state index >= 15 is 0 Å². The molecule has 1 radical (unpaired) electrons. The summed E-state index contributed by atoms with van der Waals surface area (Å²) in [4.78, 5) is 7.22. The molecule has 1 aliphatic rings. The van der Waals surface area contributed by atoms with Crippen molar-refractivity contribution in [2.75, 3.05) is 0 Å². The molecule has 0 atom stereocenters. The van der Waals surface area contributed by atoms with Gasteiger partial charge in [0.25, 0.3) is 0 Å². The first-order valence-corrected chi connectivity index (χ1v) is 1.77. The van der Waals surface area contributed by atoms with Crippen molar-refractivity contribution in [2.45, 2.75) is 5.38 Å². The zero-order valence-electron chi connectivity index (χ0n) is 2.95. The molecule has 0 unspecified atom stereocenters. The van der Waals surface area contributed by atoms with Gasteiger partial charge in [0, 0.05) is 0 Å². The Morgan fingerprint density at radius 1 is 1.38 bits per heavy atom. The van der Waals surface area contributed by atoms with E-state index in [1.165, 1.54) is 0 Å². The number of hydrogen-bond acceptors (Lipinski definition) is 2. The fourth-order valence-electron chi connectivity index (χ4n) is 0.115. The summed E-state index contributed by atoms with van der Waals surface area (Å²) in [6.07, 6.45) is -0.825. The molecule has 6 heteroatoms. The van der Waals surface area contributed by atoms with Crippen molar-refractivity contribution in [3.8, 4) is 0 Å². The fraction of sp³-hybridized carbons (Fsp3) is 0.500. The summed E-state index contributed by atoms with van der Waals surface area (Å²) in [5.74, 6) is 0. The third-order valence-corrected chi connectivity index (χ3v) is 0.552. The maximum absolute atomic E-state index is 11.4. The Hall–Kier alpha value is 1.07. The molecular weight excluding hydrogens is 152 g/mol. The standard InChI is InChI=1S/C2ClF2O2.Na.H/c3-2(4,5)1-6-7-1;;. The van der Waals surface area contributed by atoms with Gasteiger partial charge in [0.1, 0.15) is 0 Å². The van der Waals surface area contributed by atoms with E-state index in [4.69, 9.17) is 0 Å². The number of rotatable bonds is 1. The third-order valence-electron chi connectivity index (χ3n) is 0.398. The van der Waals surface area contributed by atoms with Crippen LogP contribution in [0, 0.1) is 6.29 Å². The van der Waals surface area contributed by atoms with Crippen LogP contribution in [-0.4, -0.2) is 34.9 Å². The van der Waals surface area contributed by atoms with E-state index in [0.29, 0.717) is 0 Å².